The van der Waals surface area contributed by atoms with Gasteiger partial charge in [-0.15, -0.1) is 0 Å². The molecule has 0 heterocycles. The molecule has 112 valence electrons. The number of hydrogen-bond acceptors (Lipinski definition) is 1. The van der Waals surface area contributed by atoms with Gasteiger partial charge in [0, 0.05) is 15.6 Å². The highest BCUT2D eigenvalue weighted by molar-refractivity contribution is 9.10. The summed E-state index contributed by atoms with van der Waals surface area (Å²) in [6.45, 7) is 0. The van der Waals surface area contributed by atoms with Crippen molar-refractivity contribution >= 4 is 33.4 Å². The minimum absolute atomic E-state index is 0.0209. The van der Waals surface area contributed by atoms with Crippen LogP contribution in [0.5, 0.6) is 0 Å². The van der Waals surface area contributed by atoms with Crippen molar-refractivity contribution in [3.8, 4) is 0 Å². The monoisotopic (exact) mass is 362 g/mol. The summed E-state index contributed by atoms with van der Waals surface area (Å²) < 4.78 is 0.961. The molecule has 1 nitrogen and oxygen atoms in total. The zero-order valence-corrected chi connectivity index (χ0v) is 14.0. The van der Waals surface area contributed by atoms with E-state index in [2.05, 4.69) is 15.9 Å². The SMILES string of the molecule is O=C(/C(=C/c1ccccc1)c1ccccc1)c1ccc(Br)cc1. The molecule has 0 unspecified atom stereocenters. The molecule has 0 bridgehead atoms. The zero-order valence-electron chi connectivity index (χ0n) is 12.4. The zero-order chi connectivity index (χ0) is 16.1. The number of Topliss-reactive ketones (excluding diaryl/α,β-unsaturated/α-hetero) is 1. The predicted octanol–water partition coefficient (Wildman–Crippen LogP) is 5.87. The van der Waals surface area contributed by atoms with Gasteiger partial charge in [0.1, 0.15) is 0 Å². The molecule has 3 aromatic rings. The molecular formula is C21H15BrO. The molecule has 0 aliphatic rings. The molecular weight excluding hydrogens is 348 g/mol. The molecule has 0 saturated heterocycles. The van der Waals surface area contributed by atoms with Gasteiger partial charge in [0.2, 0.25) is 0 Å². The molecule has 0 aromatic heterocycles. The lowest BCUT2D eigenvalue weighted by Gasteiger charge is -2.08. The topological polar surface area (TPSA) is 17.1 Å². The fourth-order valence-corrected chi connectivity index (χ4v) is 2.63. The molecule has 0 spiro atoms. The van der Waals surface area contributed by atoms with Gasteiger partial charge in [-0.3, -0.25) is 4.79 Å². The van der Waals surface area contributed by atoms with Crippen molar-refractivity contribution in [2.24, 2.45) is 0 Å². The van der Waals surface area contributed by atoms with Gasteiger partial charge in [0.15, 0.2) is 5.78 Å². The van der Waals surface area contributed by atoms with Gasteiger partial charge < -0.3 is 0 Å². The Morgan fingerprint density at radius 1 is 0.696 bits per heavy atom. The molecule has 0 amide bonds. The molecule has 2 heteroatoms. The van der Waals surface area contributed by atoms with Crippen molar-refractivity contribution in [2.75, 3.05) is 0 Å². The van der Waals surface area contributed by atoms with Crippen LogP contribution in [0.2, 0.25) is 0 Å². The van der Waals surface area contributed by atoms with Crippen molar-refractivity contribution in [1.82, 2.24) is 0 Å². The summed E-state index contributed by atoms with van der Waals surface area (Å²) in [6, 6.07) is 27.1. The highest BCUT2D eigenvalue weighted by Gasteiger charge is 2.14. The molecule has 0 radical (unpaired) electrons. The van der Waals surface area contributed by atoms with Crippen LogP contribution in [0, 0.1) is 0 Å². The number of ketones is 1. The first-order valence-corrected chi connectivity index (χ1v) is 8.16. The van der Waals surface area contributed by atoms with E-state index in [4.69, 9.17) is 0 Å². The van der Waals surface area contributed by atoms with Crippen LogP contribution in [-0.4, -0.2) is 5.78 Å². The van der Waals surface area contributed by atoms with Gasteiger partial charge in [0.05, 0.1) is 0 Å². The minimum Gasteiger partial charge on any atom is -0.289 e. The number of benzene rings is 3. The Balaban J connectivity index is 2.07. The lowest BCUT2D eigenvalue weighted by Crippen LogP contribution is -2.02. The largest absolute Gasteiger partial charge is 0.289 e. The third-order valence-corrected chi connectivity index (χ3v) is 4.08. The first-order chi connectivity index (χ1) is 11.2. The summed E-state index contributed by atoms with van der Waals surface area (Å²) in [4.78, 5) is 13.0. The third kappa shape index (κ3) is 3.85. The first-order valence-electron chi connectivity index (χ1n) is 7.36. The second-order valence-corrected chi connectivity index (χ2v) is 6.09. The van der Waals surface area contributed by atoms with E-state index in [1.165, 1.54) is 0 Å². The lowest BCUT2D eigenvalue weighted by atomic mass is 9.95. The Hall–Kier alpha value is -2.45. The summed E-state index contributed by atoms with van der Waals surface area (Å²) in [7, 11) is 0. The number of hydrogen-bond donors (Lipinski definition) is 0. The quantitative estimate of drug-likeness (QED) is 0.322. The van der Waals surface area contributed by atoms with Crippen LogP contribution in [0.4, 0.5) is 0 Å². The van der Waals surface area contributed by atoms with Gasteiger partial charge in [-0.05, 0) is 41.5 Å². The maximum Gasteiger partial charge on any atom is 0.193 e. The fraction of sp³-hybridized carbons (Fsp3) is 0. The average molecular weight is 363 g/mol. The Labute approximate surface area is 144 Å². The Morgan fingerprint density at radius 2 is 1.26 bits per heavy atom. The summed E-state index contributed by atoms with van der Waals surface area (Å²) in [5.41, 5.74) is 3.31. The highest BCUT2D eigenvalue weighted by atomic mass is 79.9. The van der Waals surface area contributed by atoms with E-state index >= 15 is 0 Å². The van der Waals surface area contributed by atoms with Gasteiger partial charge in [-0.1, -0.05) is 76.6 Å². The molecule has 23 heavy (non-hydrogen) atoms. The molecule has 0 N–H and O–H groups in total. The van der Waals surface area contributed by atoms with Crippen molar-refractivity contribution in [2.45, 2.75) is 0 Å². The maximum atomic E-state index is 13.0. The van der Waals surface area contributed by atoms with E-state index in [-0.39, 0.29) is 5.78 Å². The number of carbonyl (C=O) groups is 1. The highest BCUT2D eigenvalue weighted by Crippen LogP contribution is 2.23. The molecule has 0 atom stereocenters. The second kappa shape index (κ2) is 7.21. The van der Waals surface area contributed by atoms with Crippen molar-refractivity contribution in [3.63, 3.8) is 0 Å². The van der Waals surface area contributed by atoms with Crippen LogP contribution in [0.15, 0.2) is 89.4 Å². The first kappa shape index (κ1) is 15.4. The van der Waals surface area contributed by atoms with Crippen LogP contribution in [-0.2, 0) is 0 Å². The van der Waals surface area contributed by atoms with Crippen molar-refractivity contribution < 1.29 is 4.79 Å². The Morgan fingerprint density at radius 3 is 1.87 bits per heavy atom. The minimum atomic E-state index is 0.0209. The number of allylic oxidation sites excluding steroid dienone is 1. The normalized spacial score (nSPS) is 11.3. The van der Waals surface area contributed by atoms with Gasteiger partial charge in [-0.25, -0.2) is 0 Å². The smallest absolute Gasteiger partial charge is 0.193 e. The predicted molar refractivity (Wildman–Crippen MR) is 99.2 cm³/mol. The number of carbonyl (C=O) groups excluding carboxylic acids is 1. The van der Waals surface area contributed by atoms with Crippen molar-refractivity contribution in [1.29, 1.82) is 0 Å². The summed E-state index contributed by atoms with van der Waals surface area (Å²) >= 11 is 3.40. The van der Waals surface area contributed by atoms with E-state index in [0.717, 1.165) is 15.6 Å². The van der Waals surface area contributed by atoms with Crippen LogP contribution in [0.3, 0.4) is 0 Å². The van der Waals surface area contributed by atoms with Gasteiger partial charge >= 0.3 is 0 Å². The fourth-order valence-electron chi connectivity index (χ4n) is 2.37. The Bertz CT molecular complexity index is 819. The molecule has 0 fully saturated rings. The lowest BCUT2D eigenvalue weighted by molar-refractivity contribution is 0.105. The van der Waals surface area contributed by atoms with Crippen LogP contribution in [0.1, 0.15) is 21.5 Å². The number of rotatable bonds is 4. The summed E-state index contributed by atoms with van der Waals surface area (Å²) in [5.74, 6) is 0.0209. The average Bonchev–Trinajstić information content (AvgIpc) is 2.61. The molecule has 0 aliphatic heterocycles. The summed E-state index contributed by atoms with van der Waals surface area (Å²) in [5, 5.41) is 0. The van der Waals surface area contributed by atoms with Crippen LogP contribution in [0.25, 0.3) is 11.6 Å². The van der Waals surface area contributed by atoms with Crippen LogP contribution >= 0.6 is 15.9 Å². The molecule has 0 aliphatic carbocycles. The van der Waals surface area contributed by atoms with E-state index in [1.54, 1.807) is 0 Å². The van der Waals surface area contributed by atoms with Crippen molar-refractivity contribution in [3.05, 3.63) is 106 Å². The molecule has 3 aromatic carbocycles. The maximum absolute atomic E-state index is 13.0. The van der Waals surface area contributed by atoms with E-state index in [1.807, 2.05) is 91.0 Å². The van der Waals surface area contributed by atoms with Crippen LogP contribution < -0.4 is 0 Å². The van der Waals surface area contributed by atoms with E-state index < -0.39 is 0 Å². The van der Waals surface area contributed by atoms with Gasteiger partial charge in [-0.2, -0.15) is 0 Å². The van der Waals surface area contributed by atoms with E-state index in [0.29, 0.717) is 11.1 Å². The standard InChI is InChI=1S/C21H15BrO/c22-19-13-11-18(12-14-19)21(23)20(17-9-5-2-6-10-17)15-16-7-3-1-4-8-16/h1-15H/b20-15+. The second-order valence-electron chi connectivity index (χ2n) is 5.17. The Kier molecular flexibility index (Phi) is 4.84. The number of halogens is 1. The molecule has 3 rings (SSSR count). The molecule has 0 saturated carbocycles. The summed E-state index contributed by atoms with van der Waals surface area (Å²) in [6.07, 6.45) is 1.94. The van der Waals surface area contributed by atoms with E-state index in [9.17, 15) is 4.79 Å². The van der Waals surface area contributed by atoms with Gasteiger partial charge in [0.25, 0.3) is 0 Å². The third-order valence-electron chi connectivity index (χ3n) is 3.55.